The molecule has 5 rings (SSSR count). The summed E-state index contributed by atoms with van der Waals surface area (Å²) in [5.41, 5.74) is 2.86. The maximum Gasteiger partial charge on any atom is 0.231 e. The number of amides is 1. The van der Waals surface area contributed by atoms with E-state index in [0.717, 1.165) is 22.6 Å². The molecule has 0 fully saturated rings. The van der Waals surface area contributed by atoms with Crippen LogP contribution in [-0.4, -0.2) is 38.0 Å². The first-order chi connectivity index (χ1) is 16.6. The zero-order valence-corrected chi connectivity index (χ0v) is 19.3. The van der Waals surface area contributed by atoms with E-state index in [0.29, 0.717) is 35.8 Å². The van der Waals surface area contributed by atoms with Gasteiger partial charge in [-0.25, -0.2) is 0 Å². The maximum absolute atomic E-state index is 13.7. The third kappa shape index (κ3) is 4.33. The lowest BCUT2D eigenvalue weighted by atomic mass is 10.0. The summed E-state index contributed by atoms with van der Waals surface area (Å²) >= 11 is 0. The summed E-state index contributed by atoms with van der Waals surface area (Å²) in [6, 6.07) is 19.5. The molecule has 0 aliphatic carbocycles. The van der Waals surface area contributed by atoms with Gasteiger partial charge >= 0.3 is 0 Å². The molecular formula is C27H27NO6. The van der Waals surface area contributed by atoms with Gasteiger partial charge < -0.3 is 28.6 Å². The molecule has 0 saturated carbocycles. The van der Waals surface area contributed by atoms with Crippen LogP contribution in [0.4, 0.5) is 0 Å². The maximum atomic E-state index is 13.7. The molecule has 2 aliphatic heterocycles. The van der Waals surface area contributed by atoms with Crippen LogP contribution < -0.4 is 23.7 Å². The molecule has 7 nitrogen and oxygen atoms in total. The first-order valence-electron chi connectivity index (χ1n) is 11.3. The highest BCUT2D eigenvalue weighted by Crippen LogP contribution is 2.41. The fourth-order valence-electron chi connectivity index (χ4n) is 4.42. The van der Waals surface area contributed by atoms with Crippen molar-refractivity contribution in [1.82, 2.24) is 4.90 Å². The monoisotopic (exact) mass is 461 g/mol. The first-order valence-corrected chi connectivity index (χ1v) is 11.3. The van der Waals surface area contributed by atoms with Gasteiger partial charge in [0.2, 0.25) is 19.5 Å². The lowest BCUT2D eigenvalue weighted by molar-refractivity contribution is -0.132. The first kappa shape index (κ1) is 21.9. The predicted octanol–water partition coefficient (Wildman–Crippen LogP) is 4.53. The van der Waals surface area contributed by atoms with Crippen LogP contribution in [0.5, 0.6) is 28.7 Å². The van der Waals surface area contributed by atoms with Gasteiger partial charge in [-0.15, -0.1) is 0 Å². The van der Waals surface area contributed by atoms with Gasteiger partial charge in [-0.2, -0.15) is 0 Å². The minimum Gasteiger partial charge on any atom is -0.496 e. The van der Waals surface area contributed by atoms with Crippen LogP contribution in [0.15, 0.2) is 60.7 Å². The van der Waals surface area contributed by atoms with Crippen molar-refractivity contribution in [2.45, 2.75) is 25.8 Å². The summed E-state index contributed by atoms with van der Waals surface area (Å²) < 4.78 is 27.7. The van der Waals surface area contributed by atoms with Gasteiger partial charge in [0.25, 0.3) is 0 Å². The van der Waals surface area contributed by atoms with Crippen LogP contribution >= 0.6 is 0 Å². The molecule has 3 aromatic carbocycles. The molecule has 0 bridgehead atoms. The van der Waals surface area contributed by atoms with Crippen molar-refractivity contribution in [3.05, 3.63) is 77.4 Å². The Morgan fingerprint density at radius 1 is 0.941 bits per heavy atom. The number of methoxy groups -OCH3 is 1. The Kier molecular flexibility index (Phi) is 6.16. The molecule has 0 spiro atoms. The number of rotatable bonds is 8. The molecule has 0 N–H and O–H groups in total. The molecule has 1 atom stereocenters. The summed E-state index contributed by atoms with van der Waals surface area (Å²) in [6.45, 7) is 2.98. The SMILES string of the molecule is COc1ccc2c(c1CC(=O)N(CCc1ccc3c(c1)OCO3)[C@@H](C)c1ccccc1)OCO2. The average Bonchev–Trinajstić information content (AvgIpc) is 3.54. The van der Waals surface area contributed by atoms with Crippen molar-refractivity contribution in [1.29, 1.82) is 0 Å². The van der Waals surface area contributed by atoms with Crippen LogP contribution in [0.25, 0.3) is 0 Å². The standard InChI is InChI=1S/C27H27NO6/c1-18(20-6-4-3-5-7-20)28(13-12-19-8-9-23-25(14-19)33-16-31-23)26(29)15-21-22(30-2)10-11-24-27(21)34-17-32-24/h3-11,14,18H,12-13,15-17H2,1-2H3/t18-/m0/s1. The fraction of sp³-hybridized carbons (Fsp3) is 0.296. The van der Waals surface area contributed by atoms with Crippen LogP contribution in [0.2, 0.25) is 0 Å². The highest BCUT2D eigenvalue weighted by atomic mass is 16.7. The smallest absolute Gasteiger partial charge is 0.231 e. The fourth-order valence-corrected chi connectivity index (χ4v) is 4.42. The molecule has 0 aromatic heterocycles. The molecule has 3 aromatic rings. The number of carbonyl (C=O) groups excluding carboxylic acids is 1. The van der Waals surface area contributed by atoms with Gasteiger partial charge in [0.1, 0.15) is 5.75 Å². The quantitative estimate of drug-likeness (QED) is 0.491. The second-order valence-corrected chi connectivity index (χ2v) is 8.27. The number of benzene rings is 3. The molecule has 2 aliphatic rings. The Labute approximate surface area is 198 Å². The Hall–Kier alpha value is -3.87. The molecule has 0 unspecified atom stereocenters. The number of fused-ring (bicyclic) bond motifs is 2. The molecule has 34 heavy (non-hydrogen) atoms. The van der Waals surface area contributed by atoms with E-state index in [9.17, 15) is 4.79 Å². The van der Waals surface area contributed by atoms with Gasteiger partial charge in [0, 0.05) is 12.1 Å². The molecule has 176 valence electrons. The van der Waals surface area contributed by atoms with Gasteiger partial charge in [0.15, 0.2) is 23.0 Å². The van der Waals surface area contributed by atoms with Crippen LogP contribution in [0.1, 0.15) is 29.7 Å². The molecular weight excluding hydrogens is 434 g/mol. The summed E-state index contributed by atoms with van der Waals surface area (Å²) in [4.78, 5) is 15.6. The Morgan fingerprint density at radius 3 is 2.50 bits per heavy atom. The minimum atomic E-state index is -0.109. The van der Waals surface area contributed by atoms with E-state index in [4.69, 9.17) is 23.7 Å². The number of carbonyl (C=O) groups is 1. The molecule has 2 heterocycles. The highest BCUT2D eigenvalue weighted by Gasteiger charge is 2.28. The summed E-state index contributed by atoms with van der Waals surface area (Å²) in [5.74, 6) is 3.30. The summed E-state index contributed by atoms with van der Waals surface area (Å²) in [7, 11) is 1.59. The van der Waals surface area contributed by atoms with E-state index in [1.54, 1.807) is 13.2 Å². The Morgan fingerprint density at radius 2 is 1.68 bits per heavy atom. The van der Waals surface area contributed by atoms with Crippen molar-refractivity contribution in [2.24, 2.45) is 0 Å². The summed E-state index contributed by atoms with van der Waals surface area (Å²) in [6.07, 6.45) is 0.831. The third-order valence-electron chi connectivity index (χ3n) is 6.30. The van der Waals surface area contributed by atoms with E-state index >= 15 is 0 Å². The van der Waals surface area contributed by atoms with E-state index in [1.165, 1.54) is 0 Å². The van der Waals surface area contributed by atoms with Crippen LogP contribution in [0, 0.1) is 0 Å². The Balaban J connectivity index is 1.40. The normalized spacial score (nSPS) is 14.1. The lowest BCUT2D eigenvalue weighted by Crippen LogP contribution is -2.36. The average molecular weight is 462 g/mol. The number of nitrogens with zero attached hydrogens (tertiary/aromatic N) is 1. The van der Waals surface area contributed by atoms with Gasteiger partial charge in [-0.1, -0.05) is 36.4 Å². The lowest BCUT2D eigenvalue weighted by Gasteiger charge is -2.30. The number of ether oxygens (including phenoxy) is 5. The third-order valence-corrected chi connectivity index (χ3v) is 6.30. The van der Waals surface area contributed by atoms with Crippen molar-refractivity contribution < 1.29 is 28.5 Å². The largest absolute Gasteiger partial charge is 0.496 e. The van der Waals surface area contributed by atoms with E-state index in [1.807, 2.05) is 59.5 Å². The molecule has 0 radical (unpaired) electrons. The van der Waals surface area contributed by atoms with Gasteiger partial charge in [0.05, 0.1) is 19.6 Å². The van der Waals surface area contributed by atoms with Crippen molar-refractivity contribution in [3.63, 3.8) is 0 Å². The van der Waals surface area contributed by atoms with E-state index in [2.05, 4.69) is 6.92 Å². The second-order valence-electron chi connectivity index (χ2n) is 8.27. The van der Waals surface area contributed by atoms with Crippen LogP contribution in [0.3, 0.4) is 0 Å². The number of hydrogen-bond acceptors (Lipinski definition) is 6. The topological polar surface area (TPSA) is 66.5 Å². The second kappa shape index (κ2) is 9.55. The minimum absolute atomic E-state index is 0.0145. The van der Waals surface area contributed by atoms with Gasteiger partial charge in [-0.3, -0.25) is 4.79 Å². The zero-order valence-electron chi connectivity index (χ0n) is 19.3. The number of hydrogen-bond donors (Lipinski definition) is 0. The van der Waals surface area contributed by atoms with Crippen molar-refractivity contribution in [2.75, 3.05) is 27.2 Å². The predicted molar refractivity (Wildman–Crippen MR) is 126 cm³/mol. The van der Waals surface area contributed by atoms with Crippen molar-refractivity contribution >= 4 is 5.91 Å². The Bertz CT molecular complexity index is 1180. The van der Waals surface area contributed by atoms with Crippen LogP contribution in [-0.2, 0) is 17.6 Å². The highest BCUT2D eigenvalue weighted by molar-refractivity contribution is 5.81. The van der Waals surface area contributed by atoms with Gasteiger partial charge in [-0.05, 0) is 48.7 Å². The molecule has 0 saturated heterocycles. The van der Waals surface area contributed by atoms with Crippen molar-refractivity contribution in [3.8, 4) is 28.7 Å². The molecule has 1 amide bonds. The summed E-state index contributed by atoms with van der Waals surface area (Å²) in [5, 5.41) is 0. The molecule has 7 heteroatoms. The zero-order chi connectivity index (χ0) is 23.5. The van der Waals surface area contributed by atoms with E-state index in [-0.39, 0.29) is 32.0 Å². The van der Waals surface area contributed by atoms with E-state index < -0.39 is 0 Å².